The lowest BCUT2D eigenvalue weighted by molar-refractivity contribution is 0.0635. The van der Waals surface area contributed by atoms with Gasteiger partial charge < -0.3 is 5.32 Å². The fourth-order valence-corrected chi connectivity index (χ4v) is 3.50. The average molecular weight is 313 g/mol. The van der Waals surface area contributed by atoms with E-state index < -0.39 is 0 Å². The van der Waals surface area contributed by atoms with Crippen molar-refractivity contribution in [2.75, 3.05) is 20.1 Å². The van der Waals surface area contributed by atoms with Gasteiger partial charge in [0.15, 0.2) is 0 Å². The first-order chi connectivity index (χ1) is 9.95. The van der Waals surface area contributed by atoms with E-state index in [4.69, 9.17) is 11.6 Å². The molecule has 21 heavy (non-hydrogen) atoms. The molecule has 1 atom stereocenters. The maximum absolute atomic E-state index is 13.3. The van der Waals surface area contributed by atoms with Crippen LogP contribution in [0.25, 0.3) is 0 Å². The molecule has 0 aliphatic carbocycles. The molecular weight excluding hydrogens is 287 g/mol. The molecular formula is C17H26ClFN2. The summed E-state index contributed by atoms with van der Waals surface area (Å²) >= 11 is 5.90. The van der Waals surface area contributed by atoms with Gasteiger partial charge in [0.1, 0.15) is 5.82 Å². The fourth-order valence-electron chi connectivity index (χ4n) is 3.30. The number of hydrogen-bond donors (Lipinski definition) is 1. The van der Waals surface area contributed by atoms with Crippen molar-refractivity contribution in [1.82, 2.24) is 10.2 Å². The molecule has 1 fully saturated rings. The number of likely N-dealkylation sites (tertiary alicyclic amines) is 1. The van der Waals surface area contributed by atoms with Gasteiger partial charge in [0.25, 0.3) is 0 Å². The topological polar surface area (TPSA) is 15.3 Å². The average Bonchev–Trinajstić information content (AvgIpc) is 2.49. The molecule has 0 radical (unpaired) electrons. The second kappa shape index (κ2) is 7.08. The first-order valence-corrected chi connectivity index (χ1v) is 8.19. The maximum atomic E-state index is 13.3. The molecule has 1 aromatic carbocycles. The van der Waals surface area contributed by atoms with Crippen LogP contribution in [0.2, 0.25) is 5.02 Å². The van der Waals surface area contributed by atoms with Crippen molar-refractivity contribution in [3.8, 4) is 0 Å². The Balaban J connectivity index is 2.12. The molecule has 2 nitrogen and oxygen atoms in total. The quantitative estimate of drug-likeness (QED) is 0.888. The van der Waals surface area contributed by atoms with Crippen molar-refractivity contribution < 1.29 is 4.39 Å². The molecule has 2 rings (SSSR count). The van der Waals surface area contributed by atoms with Crippen LogP contribution >= 0.6 is 11.6 Å². The summed E-state index contributed by atoms with van der Waals surface area (Å²) in [4.78, 5) is 2.57. The summed E-state index contributed by atoms with van der Waals surface area (Å²) in [5.41, 5.74) is 1.14. The van der Waals surface area contributed by atoms with E-state index in [2.05, 4.69) is 24.1 Å². The minimum atomic E-state index is -0.350. The smallest absolute Gasteiger partial charge is 0.141 e. The third kappa shape index (κ3) is 3.97. The fraction of sp³-hybridized carbons (Fsp3) is 0.647. The van der Waals surface area contributed by atoms with Crippen LogP contribution in [0.4, 0.5) is 4.39 Å². The van der Waals surface area contributed by atoms with Gasteiger partial charge in [-0.3, -0.25) is 4.90 Å². The highest BCUT2D eigenvalue weighted by Gasteiger charge is 2.35. The van der Waals surface area contributed by atoms with E-state index in [1.54, 1.807) is 6.07 Å². The third-order valence-corrected chi connectivity index (χ3v) is 5.09. The molecule has 0 aromatic heterocycles. The molecule has 1 aliphatic rings. The van der Waals surface area contributed by atoms with Crippen molar-refractivity contribution >= 4 is 11.6 Å². The van der Waals surface area contributed by atoms with E-state index >= 15 is 0 Å². The number of rotatable bonds is 5. The van der Waals surface area contributed by atoms with Gasteiger partial charge in [-0.25, -0.2) is 4.39 Å². The lowest BCUT2D eigenvalue weighted by Crippen LogP contribution is -2.59. The standard InChI is InChI=1S/C17H26ClFN2/c1-17(2,21-9-5-4-6-10-21)16(20-3)12-13-7-8-15(19)14(18)11-13/h7-8,11,16,20H,4-6,9-10,12H2,1-3H3. The van der Waals surface area contributed by atoms with E-state index in [0.29, 0.717) is 6.04 Å². The lowest BCUT2D eigenvalue weighted by Gasteiger charge is -2.46. The molecule has 0 bridgehead atoms. The van der Waals surface area contributed by atoms with Gasteiger partial charge >= 0.3 is 0 Å². The zero-order chi connectivity index (χ0) is 15.5. The van der Waals surface area contributed by atoms with Gasteiger partial charge in [0.05, 0.1) is 5.02 Å². The molecule has 1 unspecified atom stereocenters. The largest absolute Gasteiger partial charge is 0.315 e. The number of nitrogens with zero attached hydrogens (tertiary/aromatic N) is 1. The monoisotopic (exact) mass is 312 g/mol. The summed E-state index contributed by atoms with van der Waals surface area (Å²) < 4.78 is 13.3. The Labute approximate surface area is 132 Å². The van der Waals surface area contributed by atoms with Crippen molar-refractivity contribution in [2.45, 2.75) is 51.1 Å². The first kappa shape index (κ1) is 16.7. The molecule has 0 saturated carbocycles. The van der Waals surface area contributed by atoms with Gasteiger partial charge in [0, 0.05) is 11.6 Å². The highest BCUT2D eigenvalue weighted by Crippen LogP contribution is 2.26. The van der Waals surface area contributed by atoms with Gasteiger partial charge in [-0.05, 0) is 70.9 Å². The van der Waals surface area contributed by atoms with E-state index in [1.807, 2.05) is 13.1 Å². The number of piperidine rings is 1. The molecule has 0 amide bonds. The van der Waals surface area contributed by atoms with Crippen molar-refractivity contribution in [3.05, 3.63) is 34.6 Å². The molecule has 1 aromatic rings. The molecule has 1 heterocycles. The van der Waals surface area contributed by atoms with Crippen LogP contribution < -0.4 is 5.32 Å². The third-order valence-electron chi connectivity index (χ3n) is 4.80. The van der Waals surface area contributed by atoms with Crippen LogP contribution in [0.3, 0.4) is 0 Å². The number of hydrogen-bond acceptors (Lipinski definition) is 2. The normalized spacial score (nSPS) is 18.7. The molecule has 1 N–H and O–H groups in total. The van der Waals surface area contributed by atoms with Crippen LogP contribution in [0, 0.1) is 5.82 Å². The van der Waals surface area contributed by atoms with Crippen LogP contribution in [-0.4, -0.2) is 36.6 Å². The van der Waals surface area contributed by atoms with Gasteiger partial charge in [-0.15, -0.1) is 0 Å². The summed E-state index contributed by atoms with van der Waals surface area (Å²) in [6, 6.07) is 5.33. The van der Waals surface area contributed by atoms with E-state index in [-0.39, 0.29) is 16.4 Å². The van der Waals surface area contributed by atoms with Crippen LogP contribution in [0.5, 0.6) is 0 Å². The molecule has 118 valence electrons. The zero-order valence-electron chi connectivity index (χ0n) is 13.3. The van der Waals surface area contributed by atoms with E-state index in [1.165, 1.54) is 25.3 Å². The Kier molecular flexibility index (Phi) is 5.64. The first-order valence-electron chi connectivity index (χ1n) is 7.81. The number of halogens is 2. The van der Waals surface area contributed by atoms with E-state index in [0.717, 1.165) is 25.1 Å². The van der Waals surface area contributed by atoms with E-state index in [9.17, 15) is 4.39 Å². The highest BCUT2D eigenvalue weighted by atomic mass is 35.5. The minimum absolute atomic E-state index is 0.0655. The maximum Gasteiger partial charge on any atom is 0.141 e. The number of likely N-dealkylation sites (N-methyl/N-ethyl adjacent to an activating group) is 1. The second-order valence-corrected chi connectivity index (χ2v) is 6.90. The van der Waals surface area contributed by atoms with Gasteiger partial charge in [-0.2, -0.15) is 0 Å². The van der Waals surface area contributed by atoms with Gasteiger partial charge in [-0.1, -0.05) is 24.1 Å². The summed E-state index contributed by atoms with van der Waals surface area (Å²) in [5.74, 6) is -0.350. The molecule has 1 aliphatic heterocycles. The number of benzene rings is 1. The summed E-state index contributed by atoms with van der Waals surface area (Å²) in [6.07, 6.45) is 4.74. The Morgan fingerprint density at radius 2 is 1.95 bits per heavy atom. The highest BCUT2D eigenvalue weighted by molar-refractivity contribution is 6.30. The van der Waals surface area contributed by atoms with Crippen LogP contribution in [0.15, 0.2) is 18.2 Å². The van der Waals surface area contributed by atoms with Crippen LogP contribution in [-0.2, 0) is 6.42 Å². The lowest BCUT2D eigenvalue weighted by atomic mass is 9.86. The SMILES string of the molecule is CNC(Cc1ccc(F)c(Cl)c1)C(C)(C)N1CCCCC1. The van der Waals surface area contributed by atoms with Crippen molar-refractivity contribution in [1.29, 1.82) is 0 Å². The van der Waals surface area contributed by atoms with Gasteiger partial charge in [0.2, 0.25) is 0 Å². The molecule has 1 saturated heterocycles. The Morgan fingerprint density at radius 3 is 2.52 bits per heavy atom. The van der Waals surface area contributed by atoms with Crippen molar-refractivity contribution in [2.24, 2.45) is 0 Å². The Morgan fingerprint density at radius 1 is 1.29 bits per heavy atom. The Bertz CT molecular complexity index is 470. The molecule has 4 heteroatoms. The predicted molar refractivity (Wildman–Crippen MR) is 87.5 cm³/mol. The summed E-state index contributed by atoms with van der Waals surface area (Å²) in [7, 11) is 2.00. The Hall–Kier alpha value is -0.640. The second-order valence-electron chi connectivity index (χ2n) is 6.50. The number of nitrogens with one attached hydrogen (secondary N) is 1. The van der Waals surface area contributed by atoms with Crippen LogP contribution in [0.1, 0.15) is 38.7 Å². The molecule has 0 spiro atoms. The predicted octanol–water partition coefficient (Wildman–Crippen LogP) is 3.87. The summed E-state index contributed by atoms with van der Waals surface area (Å²) in [5, 5.41) is 3.65. The minimum Gasteiger partial charge on any atom is -0.315 e. The van der Waals surface area contributed by atoms with Crippen molar-refractivity contribution in [3.63, 3.8) is 0 Å². The zero-order valence-corrected chi connectivity index (χ0v) is 14.0. The summed E-state index contributed by atoms with van der Waals surface area (Å²) in [6.45, 7) is 6.92.